The number of carboxylic acid groups (broad SMARTS) is 3. The van der Waals surface area contributed by atoms with Crippen molar-refractivity contribution in [2.45, 2.75) is 0 Å². The zero-order valence-electron chi connectivity index (χ0n) is 7.30. The molecule has 0 atom stereocenters. The molecule has 0 aliphatic heterocycles. The first-order valence-corrected chi connectivity index (χ1v) is 3.78. The summed E-state index contributed by atoms with van der Waals surface area (Å²) in [5.41, 5.74) is -1.79. The third kappa shape index (κ3) is 3.09. The molecule has 3 N–H and O–H groups in total. The Labute approximate surface area is 130 Å². The fraction of sp³-hybridized carbons (Fsp3) is 0. The van der Waals surface area contributed by atoms with Crippen LogP contribution >= 0.6 is 0 Å². The predicted molar refractivity (Wildman–Crippen MR) is 55.9 cm³/mol. The van der Waals surface area contributed by atoms with Crippen LogP contribution in [0.25, 0.3) is 0 Å². The third-order valence-corrected chi connectivity index (χ3v) is 1.74. The van der Waals surface area contributed by atoms with Crippen LogP contribution in [0, 0.1) is 0 Å². The van der Waals surface area contributed by atoms with Crippen LogP contribution in [0.5, 0.6) is 0 Å². The number of benzene rings is 1. The van der Waals surface area contributed by atoms with E-state index in [-0.39, 0.29) is 48.9 Å². The number of carbonyl (C=O) groups is 3. The Bertz CT molecular complexity index is 421. The van der Waals surface area contributed by atoms with E-state index in [1.54, 1.807) is 0 Å². The summed E-state index contributed by atoms with van der Waals surface area (Å²) in [5, 5.41) is 26.0. The summed E-state index contributed by atoms with van der Waals surface area (Å²) < 4.78 is 0. The first-order valence-electron chi connectivity index (χ1n) is 3.78. The zero-order chi connectivity index (χ0) is 11.6. The molecule has 1 aromatic carbocycles. The summed E-state index contributed by atoms with van der Waals surface area (Å²) >= 11 is 0. The number of carboxylic acids is 3. The van der Waals surface area contributed by atoms with E-state index in [2.05, 4.69) is 0 Å². The summed E-state index contributed by atoms with van der Waals surface area (Å²) in [4.78, 5) is 32.0. The maximum atomic E-state index is 10.7. The molecule has 0 aliphatic rings. The van der Waals surface area contributed by atoms with Crippen LogP contribution in [0.1, 0.15) is 31.1 Å². The molecule has 0 amide bonds. The number of aromatic carboxylic acids is 3. The van der Waals surface area contributed by atoms with E-state index in [4.69, 9.17) is 15.3 Å². The van der Waals surface area contributed by atoms with Gasteiger partial charge in [-0.2, -0.15) is 0 Å². The van der Waals surface area contributed by atoms with Crippen molar-refractivity contribution in [1.29, 1.82) is 0 Å². The van der Waals surface area contributed by atoms with Crippen LogP contribution in [-0.2, 0) is 0 Å². The van der Waals surface area contributed by atoms with Gasteiger partial charge in [0.1, 0.15) is 0 Å². The Morgan fingerprint density at radius 1 is 0.812 bits per heavy atom. The van der Waals surface area contributed by atoms with Gasteiger partial charge in [-0.25, -0.2) is 14.4 Å². The summed E-state index contributed by atoms with van der Waals surface area (Å²) in [6.07, 6.45) is 0. The Kier molecular flexibility index (Phi) is 5.76. The Balaban J connectivity index is 0.00000225. The molecule has 1 aromatic rings. The summed E-state index contributed by atoms with van der Waals surface area (Å²) in [7, 11) is 0. The number of hydrogen-bond acceptors (Lipinski definition) is 3. The van der Waals surface area contributed by atoms with Crippen molar-refractivity contribution in [3.8, 4) is 0 Å². The van der Waals surface area contributed by atoms with Crippen molar-refractivity contribution in [3.05, 3.63) is 34.9 Å². The number of rotatable bonds is 3. The van der Waals surface area contributed by atoms with E-state index in [0.29, 0.717) is 0 Å². The van der Waals surface area contributed by atoms with Crippen LogP contribution in [0.4, 0.5) is 0 Å². The van der Waals surface area contributed by atoms with Gasteiger partial charge in [-0.15, -0.1) is 0 Å². The van der Waals surface area contributed by atoms with Crippen molar-refractivity contribution >= 4 is 66.8 Å². The average molecular weight is 349 g/mol. The third-order valence-electron chi connectivity index (χ3n) is 1.74. The molecule has 0 spiro atoms. The molecule has 0 aliphatic carbocycles. The van der Waals surface area contributed by atoms with Crippen molar-refractivity contribution in [1.82, 2.24) is 0 Å². The molecule has 0 heterocycles. The topological polar surface area (TPSA) is 112 Å². The first kappa shape index (κ1) is 15.2. The molecule has 7 heteroatoms. The van der Waals surface area contributed by atoms with Crippen LogP contribution in [0.2, 0.25) is 0 Å². The molecule has 0 fully saturated rings. The Hall–Kier alpha value is -0.799. The molecule has 0 aromatic heterocycles. The van der Waals surface area contributed by atoms with Gasteiger partial charge < -0.3 is 15.3 Å². The molecule has 16 heavy (non-hydrogen) atoms. The van der Waals surface area contributed by atoms with E-state index >= 15 is 0 Å². The van der Waals surface area contributed by atoms with Crippen molar-refractivity contribution in [3.63, 3.8) is 0 Å². The standard InChI is InChI=1S/C9H6O6.Ba.2H/c10-7(11)4-2-1-3-5(8(12)13)6(4)9(14)15;;;/h1-3H,(H,10,11)(H,12,13)(H,14,15);;;. The predicted octanol–water partition coefficient (Wildman–Crippen LogP) is -0.135. The van der Waals surface area contributed by atoms with E-state index in [1.165, 1.54) is 6.07 Å². The Morgan fingerprint density at radius 2 is 1.19 bits per heavy atom. The molecule has 82 valence electrons. The quantitative estimate of drug-likeness (QED) is 0.655. The molecule has 0 saturated carbocycles. The Morgan fingerprint density at radius 3 is 1.44 bits per heavy atom. The molecular weight excluding hydrogens is 341 g/mol. The van der Waals surface area contributed by atoms with Crippen LogP contribution < -0.4 is 0 Å². The van der Waals surface area contributed by atoms with Gasteiger partial charge in [-0.05, 0) is 12.1 Å². The zero-order valence-corrected chi connectivity index (χ0v) is 7.30. The van der Waals surface area contributed by atoms with Crippen molar-refractivity contribution in [2.75, 3.05) is 0 Å². The van der Waals surface area contributed by atoms with Crippen LogP contribution in [-0.4, -0.2) is 82.1 Å². The molecule has 0 bridgehead atoms. The molecular formula is C9H8BaO6. The van der Waals surface area contributed by atoms with Crippen LogP contribution in [0.3, 0.4) is 0 Å². The second kappa shape index (κ2) is 6.06. The van der Waals surface area contributed by atoms with Gasteiger partial charge in [0.15, 0.2) is 0 Å². The van der Waals surface area contributed by atoms with Gasteiger partial charge in [0.25, 0.3) is 0 Å². The molecule has 0 radical (unpaired) electrons. The normalized spacial score (nSPS) is 9.00. The average Bonchev–Trinajstić information content (AvgIpc) is 2.16. The van der Waals surface area contributed by atoms with Gasteiger partial charge in [0.2, 0.25) is 0 Å². The van der Waals surface area contributed by atoms with E-state index in [9.17, 15) is 14.4 Å². The fourth-order valence-corrected chi connectivity index (χ4v) is 1.14. The van der Waals surface area contributed by atoms with Gasteiger partial charge >= 0.3 is 66.8 Å². The van der Waals surface area contributed by atoms with Crippen LogP contribution in [0.15, 0.2) is 18.2 Å². The number of hydrogen-bond donors (Lipinski definition) is 3. The molecule has 6 nitrogen and oxygen atoms in total. The minimum atomic E-state index is -1.58. The molecule has 0 saturated heterocycles. The first-order chi connectivity index (χ1) is 6.95. The second-order valence-corrected chi connectivity index (χ2v) is 2.64. The monoisotopic (exact) mass is 350 g/mol. The maximum absolute atomic E-state index is 10.7. The van der Waals surface area contributed by atoms with Crippen molar-refractivity contribution in [2.24, 2.45) is 0 Å². The summed E-state index contributed by atoms with van der Waals surface area (Å²) in [6, 6.07) is 3.26. The van der Waals surface area contributed by atoms with E-state index < -0.39 is 34.6 Å². The summed E-state index contributed by atoms with van der Waals surface area (Å²) in [6.45, 7) is 0. The van der Waals surface area contributed by atoms with Gasteiger partial charge in [-0.1, -0.05) is 6.07 Å². The van der Waals surface area contributed by atoms with Gasteiger partial charge in [-0.3, -0.25) is 0 Å². The van der Waals surface area contributed by atoms with Gasteiger partial charge in [0.05, 0.1) is 16.7 Å². The fourth-order valence-electron chi connectivity index (χ4n) is 1.14. The second-order valence-electron chi connectivity index (χ2n) is 2.64. The minimum absolute atomic E-state index is 0. The molecule has 0 unspecified atom stereocenters. The SMILES string of the molecule is O=C(O)c1cccc(C(=O)O)c1C(=O)O.[BaH2]. The molecule has 1 rings (SSSR count). The van der Waals surface area contributed by atoms with Gasteiger partial charge in [0, 0.05) is 0 Å². The van der Waals surface area contributed by atoms with Crippen molar-refractivity contribution < 1.29 is 29.7 Å². The van der Waals surface area contributed by atoms with E-state index in [1.807, 2.05) is 0 Å². The van der Waals surface area contributed by atoms with E-state index in [0.717, 1.165) is 12.1 Å². The summed E-state index contributed by atoms with van der Waals surface area (Å²) in [5.74, 6) is -4.53.